The van der Waals surface area contributed by atoms with Crippen molar-refractivity contribution in [3.05, 3.63) is 28.4 Å². The Bertz CT molecular complexity index is 954. The zero-order chi connectivity index (χ0) is 18.3. The minimum Gasteiger partial charge on any atom is -0.383 e. The maximum Gasteiger partial charge on any atom is 0.274 e. The van der Waals surface area contributed by atoms with Crippen LogP contribution in [-0.2, 0) is 21.1 Å². The molecule has 11 heteroatoms. The van der Waals surface area contributed by atoms with E-state index in [2.05, 4.69) is 24.9 Å². The number of methoxy groups -OCH3 is 1. The summed E-state index contributed by atoms with van der Waals surface area (Å²) in [5.74, 6) is 0.638. The molecule has 26 heavy (non-hydrogen) atoms. The highest BCUT2D eigenvalue weighted by Crippen LogP contribution is 2.27. The molecular formula is C15H22N6O4S. The first kappa shape index (κ1) is 17.6. The van der Waals surface area contributed by atoms with Gasteiger partial charge in [-0.05, 0) is 0 Å². The molecule has 2 fully saturated rings. The average Bonchev–Trinajstić information content (AvgIpc) is 3.18. The van der Waals surface area contributed by atoms with Crippen LogP contribution in [0.2, 0.25) is 0 Å². The van der Waals surface area contributed by atoms with Gasteiger partial charge in [0.2, 0.25) is 0 Å². The largest absolute Gasteiger partial charge is 0.383 e. The number of aromatic amines is 1. The van der Waals surface area contributed by atoms with Crippen molar-refractivity contribution in [2.75, 3.05) is 44.9 Å². The topological polar surface area (TPSA) is 113 Å². The summed E-state index contributed by atoms with van der Waals surface area (Å²) in [6.07, 6.45) is 1.42. The minimum atomic E-state index is -3.07. The predicted octanol–water partition coefficient (Wildman–Crippen LogP) is -1.65. The SMILES string of the molecule is COCCN1CCN(Cc2cc(=O)n3[nH]cnc3n2)[C@H]2CS(=O)(=O)C[C@H]21. The summed E-state index contributed by atoms with van der Waals surface area (Å²) < 4.78 is 30.9. The number of aromatic nitrogens is 4. The Morgan fingerprint density at radius 3 is 2.77 bits per heavy atom. The first-order valence-electron chi connectivity index (χ1n) is 8.56. The van der Waals surface area contributed by atoms with E-state index < -0.39 is 9.84 Å². The van der Waals surface area contributed by atoms with Gasteiger partial charge in [-0.15, -0.1) is 0 Å². The average molecular weight is 382 g/mol. The Morgan fingerprint density at radius 1 is 1.27 bits per heavy atom. The predicted molar refractivity (Wildman–Crippen MR) is 93.7 cm³/mol. The van der Waals surface area contributed by atoms with Crippen molar-refractivity contribution in [3.63, 3.8) is 0 Å². The van der Waals surface area contributed by atoms with Gasteiger partial charge in [0.25, 0.3) is 11.3 Å². The fourth-order valence-corrected chi connectivity index (χ4v) is 5.98. The lowest BCUT2D eigenvalue weighted by atomic mass is 10.0. The zero-order valence-corrected chi connectivity index (χ0v) is 15.4. The summed E-state index contributed by atoms with van der Waals surface area (Å²) in [6.45, 7) is 3.23. The normalized spacial score (nSPS) is 26.3. The quantitative estimate of drug-likeness (QED) is 0.654. The van der Waals surface area contributed by atoms with Crippen LogP contribution in [0, 0.1) is 0 Å². The molecule has 10 nitrogen and oxygen atoms in total. The van der Waals surface area contributed by atoms with Gasteiger partial charge in [0.1, 0.15) is 6.33 Å². The molecule has 0 amide bonds. The van der Waals surface area contributed by atoms with Gasteiger partial charge in [-0.2, -0.15) is 4.52 Å². The first-order valence-corrected chi connectivity index (χ1v) is 10.4. The van der Waals surface area contributed by atoms with E-state index in [1.54, 1.807) is 7.11 Å². The number of nitrogens with one attached hydrogen (secondary N) is 1. The molecule has 2 aromatic heterocycles. The molecule has 0 unspecified atom stereocenters. The summed E-state index contributed by atoms with van der Waals surface area (Å²) in [5.41, 5.74) is 0.382. The fourth-order valence-electron chi connectivity index (χ4n) is 3.94. The van der Waals surface area contributed by atoms with E-state index in [-0.39, 0.29) is 29.1 Å². The number of H-pyrrole nitrogens is 1. The van der Waals surface area contributed by atoms with Crippen LogP contribution in [0.3, 0.4) is 0 Å². The molecule has 0 saturated carbocycles. The van der Waals surface area contributed by atoms with E-state index in [0.717, 1.165) is 19.6 Å². The lowest BCUT2D eigenvalue weighted by Crippen LogP contribution is -2.59. The molecule has 4 heterocycles. The smallest absolute Gasteiger partial charge is 0.274 e. The maximum atomic E-state index is 12.2. The van der Waals surface area contributed by atoms with Crippen LogP contribution in [0.1, 0.15) is 5.69 Å². The van der Waals surface area contributed by atoms with Crippen LogP contribution >= 0.6 is 0 Å². The number of nitrogens with zero attached hydrogens (tertiary/aromatic N) is 5. The van der Waals surface area contributed by atoms with E-state index in [1.807, 2.05) is 0 Å². The number of piperazine rings is 1. The van der Waals surface area contributed by atoms with Crippen molar-refractivity contribution in [2.45, 2.75) is 18.6 Å². The zero-order valence-electron chi connectivity index (χ0n) is 14.5. The molecule has 0 aromatic carbocycles. The van der Waals surface area contributed by atoms with Crippen LogP contribution < -0.4 is 5.56 Å². The van der Waals surface area contributed by atoms with Crippen molar-refractivity contribution in [2.24, 2.45) is 0 Å². The standard InChI is InChI=1S/C15H22N6O4S/c1-25-5-4-19-2-3-20(13-9-26(23,24)8-12(13)19)7-11-6-14(22)21-15(18-11)16-10-17-21/h6,10,12-13H,2-5,7-9H2,1H3,(H,16,17,18)/t12-,13+/m1/s1. The highest BCUT2D eigenvalue weighted by molar-refractivity contribution is 7.91. The molecule has 2 aliphatic heterocycles. The number of fused-ring (bicyclic) bond motifs is 2. The monoisotopic (exact) mass is 382 g/mol. The van der Waals surface area contributed by atoms with E-state index >= 15 is 0 Å². The van der Waals surface area contributed by atoms with E-state index in [9.17, 15) is 13.2 Å². The van der Waals surface area contributed by atoms with Crippen LogP contribution in [0.4, 0.5) is 0 Å². The van der Waals surface area contributed by atoms with E-state index in [4.69, 9.17) is 4.74 Å². The van der Waals surface area contributed by atoms with Crippen molar-refractivity contribution >= 4 is 15.6 Å². The molecule has 0 aliphatic carbocycles. The van der Waals surface area contributed by atoms with Gasteiger partial charge in [0.15, 0.2) is 9.84 Å². The Balaban J connectivity index is 1.57. The van der Waals surface area contributed by atoms with Crippen molar-refractivity contribution in [1.82, 2.24) is 29.4 Å². The number of hydrogen-bond donors (Lipinski definition) is 1. The minimum absolute atomic E-state index is 0.0425. The van der Waals surface area contributed by atoms with Gasteiger partial charge in [0, 0.05) is 51.4 Å². The van der Waals surface area contributed by atoms with Gasteiger partial charge in [-0.3, -0.25) is 19.7 Å². The summed E-state index contributed by atoms with van der Waals surface area (Å²) in [7, 11) is -1.43. The van der Waals surface area contributed by atoms with Crippen LogP contribution in [-0.4, -0.2) is 94.7 Å². The Kier molecular flexibility index (Phi) is 4.55. The maximum absolute atomic E-state index is 12.2. The molecule has 0 bridgehead atoms. The fraction of sp³-hybridized carbons (Fsp3) is 0.667. The number of hydrogen-bond acceptors (Lipinski definition) is 8. The van der Waals surface area contributed by atoms with Gasteiger partial charge in [0.05, 0.1) is 23.8 Å². The molecule has 0 spiro atoms. The molecule has 0 radical (unpaired) electrons. The summed E-state index contributed by atoms with van der Waals surface area (Å²) in [6, 6.07) is 1.34. The number of ether oxygens (including phenoxy) is 1. The molecule has 2 atom stereocenters. The Labute approximate surface area is 150 Å². The molecule has 2 aromatic rings. The summed E-state index contributed by atoms with van der Waals surface area (Å²) >= 11 is 0. The highest BCUT2D eigenvalue weighted by atomic mass is 32.2. The lowest BCUT2D eigenvalue weighted by molar-refractivity contribution is 0.0247. The van der Waals surface area contributed by atoms with E-state index in [1.165, 1.54) is 16.9 Å². The van der Waals surface area contributed by atoms with Crippen molar-refractivity contribution in [3.8, 4) is 0 Å². The lowest BCUT2D eigenvalue weighted by Gasteiger charge is -2.43. The molecule has 1 N–H and O–H groups in total. The van der Waals surface area contributed by atoms with Crippen LogP contribution in [0.25, 0.3) is 5.78 Å². The number of sulfone groups is 1. The first-order chi connectivity index (χ1) is 12.5. The molecular weight excluding hydrogens is 360 g/mol. The Morgan fingerprint density at radius 2 is 2.00 bits per heavy atom. The van der Waals surface area contributed by atoms with Gasteiger partial charge in [-0.1, -0.05) is 0 Å². The van der Waals surface area contributed by atoms with Gasteiger partial charge < -0.3 is 4.74 Å². The third-order valence-corrected chi connectivity index (χ3v) is 6.87. The van der Waals surface area contributed by atoms with Gasteiger partial charge in [-0.25, -0.2) is 18.4 Å². The van der Waals surface area contributed by atoms with Crippen molar-refractivity contribution in [1.29, 1.82) is 0 Å². The molecule has 2 saturated heterocycles. The summed E-state index contributed by atoms with van der Waals surface area (Å²) in [4.78, 5) is 24.9. The van der Waals surface area contributed by atoms with Gasteiger partial charge >= 0.3 is 0 Å². The second-order valence-electron chi connectivity index (χ2n) is 6.82. The third kappa shape index (κ3) is 3.27. The number of rotatable bonds is 5. The summed E-state index contributed by atoms with van der Waals surface area (Å²) in [5, 5.41) is 2.71. The molecule has 4 rings (SSSR count). The molecule has 142 valence electrons. The van der Waals surface area contributed by atoms with Crippen molar-refractivity contribution < 1.29 is 13.2 Å². The second-order valence-corrected chi connectivity index (χ2v) is 8.97. The Hall–Kier alpha value is -1.82. The molecule has 2 aliphatic rings. The third-order valence-electron chi connectivity index (χ3n) is 5.17. The van der Waals surface area contributed by atoms with E-state index in [0.29, 0.717) is 24.6 Å². The second kappa shape index (κ2) is 6.72. The highest BCUT2D eigenvalue weighted by Gasteiger charge is 2.46. The van der Waals surface area contributed by atoms with Crippen LogP contribution in [0.15, 0.2) is 17.2 Å². The van der Waals surface area contributed by atoms with Crippen LogP contribution in [0.5, 0.6) is 0 Å².